The summed E-state index contributed by atoms with van der Waals surface area (Å²) in [5.41, 5.74) is -0.245. The first-order valence-corrected chi connectivity index (χ1v) is 6.73. The largest absolute Gasteiger partial charge is 0.336 e. The van der Waals surface area contributed by atoms with Crippen LogP contribution < -0.4 is 0 Å². The Balaban J connectivity index is 2.15. The molecule has 1 aliphatic heterocycles. The lowest BCUT2D eigenvalue weighted by molar-refractivity contribution is -0.385. The molecule has 8 heteroatoms. The molecule has 0 aliphatic carbocycles. The van der Waals surface area contributed by atoms with Crippen molar-refractivity contribution >= 4 is 23.2 Å². The molecule has 21 heavy (non-hydrogen) atoms. The number of nitro benzene ring substituents is 1. The van der Waals surface area contributed by atoms with Crippen molar-refractivity contribution in [1.29, 1.82) is 5.26 Å². The number of rotatable bonds is 3. The molecule has 1 fully saturated rings. The molecule has 0 radical (unpaired) electrons. The minimum atomic E-state index is -0.606. The molecule has 0 saturated carbocycles. The molecule has 0 atom stereocenters. The first-order valence-electron chi connectivity index (χ1n) is 6.35. The number of halogens is 1. The fourth-order valence-corrected chi connectivity index (χ4v) is 2.38. The number of nitro groups is 1. The Hall–Kier alpha value is -2.17. The van der Waals surface area contributed by atoms with E-state index in [0.29, 0.717) is 32.7 Å². The normalized spacial score (nSPS) is 15.5. The third-order valence-corrected chi connectivity index (χ3v) is 3.58. The van der Waals surface area contributed by atoms with Crippen molar-refractivity contribution in [2.75, 3.05) is 32.7 Å². The number of nitriles is 1. The molecular weight excluding hydrogens is 296 g/mol. The van der Waals surface area contributed by atoms with Crippen LogP contribution >= 0.6 is 11.6 Å². The summed E-state index contributed by atoms with van der Waals surface area (Å²) in [5, 5.41) is 19.9. The smallest absolute Gasteiger partial charge is 0.283 e. The van der Waals surface area contributed by atoms with E-state index in [1.165, 1.54) is 18.2 Å². The zero-order valence-electron chi connectivity index (χ0n) is 11.2. The first kappa shape index (κ1) is 15.2. The lowest BCUT2D eigenvalue weighted by Crippen LogP contribution is -2.48. The highest BCUT2D eigenvalue weighted by Gasteiger charge is 2.27. The molecule has 1 heterocycles. The van der Waals surface area contributed by atoms with Gasteiger partial charge in [0.25, 0.3) is 11.6 Å². The van der Waals surface area contributed by atoms with E-state index in [4.69, 9.17) is 16.9 Å². The highest BCUT2D eigenvalue weighted by Crippen LogP contribution is 2.24. The Morgan fingerprint density at radius 2 is 2.05 bits per heavy atom. The summed E-state index contributed by atoms with van der Waals surface area (Å²) >= 11 is 5.74. The second-order valence-corrected chi connectivity index (χ2v) is 5.08. The van der Waals surface area contributed by atoms with Gasteiger partial charge in [0.2, 0.25) is 0 Å². The van der Waals surface area contributed by atoms with Gasteiger partial charge in [-0.3, -0.25) is 19.8 Å². The molecule has 110 valence electrons. The molecule has 7 nitrogen and oxygen atoms in total. The summed E-state index contributed by atoms with van der Waals surface area (Å²) in [5.74, 6) is -0.380. The van der Waals surface area contributed by atoms with Crippen LogP contribution in [-0.4, -0.2) is 53.4 Å². The van der Waals surface area contributed by atoms with Gasteiger partial charge in [-0.15, -0.1) is 0 Å². The predicted octanol–water partition coefficient (Wildman–Crippen LogP) is 1.53. The molecule has 1 saturated heterocycles. The van der Waals surface area contributed by atoms with Gasteiger partial charge in [-0.1, -0.05) is 11.6 Å². The number of hydrogen-bond donors (Lipinski definition) is 0. The van der Waals surface area contributed by atoms with Gasteiger partial charge >= 0.3 is 0 Å². The third-order valence-electron chi connectivity index (χ3n) is 3.34. The van der Waals surface area contributed by atoms with Crippen LogP contribution in [0.15, 0.2) is 18.2 Å². The van der Waals surface area contributed by atoms with E-state index in [0.717, 1.165) is 0 Å². The molecule has 0 bridgehead atoms. The van der Waals surface area contributed by atoms with Crippen LogP contribution in [0, 0.1) is 21.4 Å². The number of nitrogens with zero attached hydrogens (tertiary/aromatic N) is 4. The summed E-state index contributed by atoms with van der Waals surface area (Å²) in [6.45, 7) is 2.38. The monoisotopic (exact) mass is 308 g/mol. The maximum Gasteiger partial charge on any atom is 0.283 e. The highest BCUT2D eigenvalue weighted by atomic mass is 35.5. The van der Waals surface area contributed by atoms with Crippen molar-refractivity contribution in [3.05, 3.63) is 38.9 Å². The van der Waals surface area contributed by atoms with Gasteiger partial charge < -0.3 is 4.90 Å². The molecule has 0 N–H and O–H groups in total. The Morgan fingerprint density at radius 1 is 1.38 bits per heavy atom. The molecule has 1 aromatic carbocycles. The van der Waals surface area contributed by atoms with Crippen LogP contribution in [0.2, 0.25) is 5.02 Å². The summed E-state index contributed by atoms with van der Waals surface area (Å²) in [4.78, 5) is 26.3. The zero-order chi connectivity index (χ0) is 15.4. The van der Waals surface area contributed by atoms with Crippen LogP contribution in [-0.2, 0) is 0 Å². The van der Waals surface area contributed by atoms with E-state index in [1.807, 2.05) is 4.90 Å². The summed E-state index contributed by atoms with van der Waals surface area (Å²) in [6, 6.07) is 6.09. The van der Waals surface area contributed by atoms with Gasteiger partial charge in [0.15, 0.2) is 0 Å². The topological polar surface area (TPSA) is 90.5 Å². The maximum atomic E-state index is 12.4. The van der Waals surface area contributed by atoms with Gasteiger partial charge in [-0.25, -0.2) is 0 Å². The Labute approximate surface area is 126 Å². The average molecular weight is 309 g/mol. The van der Waals surface area contributed by atoms with Gasteiger partial charge in [-0.05, 0) is 12.1 Å². The van der Waals surface area contributed by atoms with Crippen LogP contribution in [0.3, 0.4) is 0 Å². The molecule has 1 aromatic rings. The van der Waals surface area contributed by atoms with Gasteiger partial charge in [0.05, 0.1) is 17.5 Å². The van der Waals surface area contributed by atoms with Crippen molar-refractivity contribution in [1.82, 2.24) is 9.80 Å². The van der Waals surface area contributed by atoms with Gasteiger partial charge in [-0.2, -0.15) is 5.26 Å². The molecule has 0 aromatic heterocycles. The van der Waals surface area contributed by atoms with Crippen molar-refractivity contribution in [2.24, 2.45) is 0 Å². The van der Waals surface area contributed by atoms with E-state index < -0.39 is 4.92 Å². The minimum Gasteiger partial charge on any atom is -0.336 e. The van der Waals surface area contributed by atoms with E-state index in [2.05, 4.69) is 6.07 Å². The lowest BCUT2D eigenvalue weighted by atomic mass is 10.1. The van der Waals surface area contributed by atoms with Crippen LogP contribution in [0.5, 0.6) is 0 Å². The Kier molecular flexibility index (Phi) is 4.73. The van der Waals surface area contributed by atoms with Crippen molar-refractivity contribution in [3.8, 4) is 6.07 Å². The minimum absolute atomic E-state index is 0.0399. The van der Waals surface area contributed by atoms with Crippen LogP contribution in [0.25, 0.3) is 0 Å². The third kappa shape index (κ3) is 3.48. The predicted molar refractivity (Wildman–Crippen MR) is 76.1 cm³/mol. The second kappa shape index (κ2) is 6.52. The number of benzene rings is 1. The average Bonchev–Trinajstić information content (AvgIpc) is 2.47. The Morgan fingerprint density at radius 3 is 2.62 bits per heavy atom. The number of hydrogen-bond acceptors (Lipinski definition) is 5. The summed E-state index contributed by atoms with van der Waals surface area (Å²) in [6.07, 6.45) is 0. The maximum absolute atomic E-state index is 12.4. The quantitative estimate of drug-likeness (QED) is 0.480. The Bertz CT molecular complexity index is 606. The van der Waals surface area contributed by atoms with Crippen LogP contribution in [0.1, 0.15) is 10.4 Å². The highest BCUT2D eigenvalue weighted by molar-refractivity contribution is 6.31. The molecule has 1 aliphatic rings. The number of carbonyl (C=O) groups excluding carboxylic acids is 1. The van der Waals surface area contributed by atoms with E-state index in [-0.39, 0.29) is 22.2 Å². The number of amides is 1. The van der Waals surface area contributed by atoms with Crippen LogP contribution in [0.4, 0.5) is 5.69 Å². The van der Waals surface area contributed by atoms with E-state index in [9.17, 15) is 14.9 Å². The molecule has 0 spiro atoms. The fraction of sp³-hybridized carbons (Fsp3) is 0.385. The molecular formula is C13H13ClN4O3. The molecule has 1 amide bonds. The van der Waals surface area contributed by atoms with Gasteiger partial charge in [0, 0.05) is 37.3 Å². The summed E-state index contributed by atoms with van der Waals surface area (Å²) < 4.78 is 0. The number of piperazine rings is 1. The number of carbonyl (C=O) groups is 1. The van der Waals surface area contributed by atoms with Crippen molar-refractivity contribution in [2.45, 2.75) is 0 Å². The second-order valence-electron chi connectivity index (χ2n) is 4.65. The fourth-order valence-electron chi connectivity index (χ4n) is 2.22. The van der Waals surface area contributed by atoms with E-state index in [1.54, 1.807) is 4.90 Å². The molecule has 0 unspecified atom stereocenters. The molecule has 2 rings (SSSR count). The zero-order valence-corrected chi connectivity index (χ0v) is 11.9. The first-order chi connectivity index (χ1) is 10.0. The summed E-state index contributed by atoms with van der Waals surface area (Å²) in [7, 11) is 0. The van der Waals surface area contributed by atoms with E-state index >= 15 is 0 Å². The SMILES string of the molecule is N#CCN1CCN(C(=O)c2ccc(Cl)cc2[N+](=O)[O-])CC1. The standard InChI is InChI=1S/C13H13ClN4O3/c14-10-1-2-11(12(9-10)18(20)21)13(19)17-7-5-16(4-3-15)6-8-17/h1-2,9H,4-8H2. The lowest BCUT2D eigenvalue weighted by Gasteiger charge is -2.33. The van der Waals surface area contributed by atoms with Crippen molar-refractivity contribution in [3.63, 3.8) is 0 Å². The van der Waals surface area contributed by atoms with Crippen molar-refractivity contribution < 1.29 is 9.72 Å². The van der Waals surface area contributed by atoms with Gasteiger partial charge in [0.1, 0.15) is 5.56 Å².